The van der Waals surface area contributed by atoms with Crippen LogP contribution in [-0.2, 0) is 4.79 Å². The molecule has 0 fully saturated rings. The molecule has 2 N–H and O–H groups in total. The molecule has 2 rings (SSSR count). The molecule has 0 aliphatic heterocycles. The van der Waals surface area contributed by atoms with Gasteiger partial charge in [-0.15, -0.1) is 0 Å². The monoisotopic (exact) mass is 342 g/mol. The lowest BCUT2D eigenvalue weighted by molar-refractivity contribution is -0.115. The number of amides is 1. The van der Waals surface area contributed by atoms with Crippen LogP contribution in [0, 0.1) is 0 Å². The molecule has 0 saturated carbocycles. The van der Waals surface area contributed by atoms with E-state index in [1.54, 1.807) is 42.5 Å². The van der Waals surface area contributed by atoms with Crippen LogP contribution in [0.1, 0.15) is 6.42 Å². The summed E-state index contributed by atoms with van der Waals surface area (Å²) in [6.45, 7) is 0.458. The Morgan fingerprint density at radius 1 is 0.952 bits per heavy atom. The van der Waals surface area contributed by atoms with Crippen LogP contribution in [0.5, 0.6) is 0 Å². The van der Waals surface area contributed by atoms with Crippen LogP contribution < -0.4 is 10.6 Å². The molecule has 0 heterocycles. The molecule has 0 spiro atoms. The standard InChI is InChI=1S/C15H13Cl3N2O/c16-10-1-4-12(5-2-10)20-15(21)7-8-19-14-9-11(17)3-6-13(14)18/h1-6,9,19H,7-8H2,(H,20,21). The van der Waals surface area contributed by atoms with Crippen LogP contribution in [0.15, 0.2) is 42.5 Å². The Labute approximate surface area is 138 Å². The van der Waals surface area contributed by atoms with E-state index in [0.717, 1.165) is 0 Å². The summed E-state index contributed by atoms with van der Waals surface area (Å²) in [7, 11) is 0. The van der Waals surface area contributed by atoms with Crippen molar-refractivity contribution in [2.24, 2.45) is 0 Å². The van der Waals surface area contributed by atoms with Gasteiger partial charge in [-0.25, -0.2) is 0 Å². The second-order valence-corrected chi connectivity index (χ2v) is 5.64. The maximum atomic E-state index is 11.8. The van der Waals surface area contributed by atoms with Crippen LogP contribution in [0.3, 0.4) is 0 Å². The third-order valence-corrected chi connectivity index (χ3v) is 3.54. The fourth-order valence-corrected chi connectivity index (χ4v) is 2.18. The van der Waals surface area contributed by atoms with Crippen LogP contribution in [0.25, 0.3) is 0 Å². The Morgan fingerprint density at radius 3 is 2.33 bits per heavy atom. The summed E-state index contributed by atoms with van der Waals surface area (Å²) in [5.41, 5.74) is 1.42. The van der Waals surface area contributed by atoms with Gasteiger partial charge in [-0.2, -0.15) is 0 Å². The van der Waals surface area contributed by atoms with Gasteiger partial charge in [0.2, 0.25) is 5.91 Å². The van der Waals surface area contributed by atoms with Gasteiger partial charge in [0.1, 0.15) is 0 Å². The van der Waals surface area contributed by atoms with Crippen molar-refractivity contribution in [3.8, 4) is 0 Å². The highest BCUT2D eigenvalue weighted by atomic mass is 35.5. The largest absolute Gasteiger partial charge is 0.383 e. The Balaban J connectivity index is 1.81. The molecule has 2 aromatic rings. The topological polar surface area (TPSA) is 41.1 Å². The van der Waals surface area contributed by atoms with Crippen LogP contribution in [0.4, 0.5) is 11.4 Å². The number of carbonyl (C=O) groups excluding carboxylic acids is 1. The fourth-order valence-electron chi connectivity index (χ4n) is 1.70. The lowest BCUT2D eigenvalue weighted by Gasteiger charge is -2.09. The summed E-state index contributed by atoms with van der Waals surface area (Å²) >= 11 is 17.7. The van der Waals surface area contributed by atoms with Crippen molar-refractivity contribution >= 4 is 52.1 Å². The number of anilines is 2. The SMILES string of the molecule is O=C(CCNc1cc(Cl)ccc1Cl)Nc1ccc(Cl)cc1. The van der Waals surface area contributed by atoms with Crippen LogP contribution >= 0.6 is 34.8 Å². The average Bonchev–Trinajstić information content (AvgIpc) is 2.45. The van der Waals surface area contributed by atoms with Crippen molar-refractivity contribution in [3.63, 3.8) is 0 Å². The second-order valence-electron chi connectivity index (χ2n) is 4.36. The van der Waals surface area contributed by atoms with Gasteiger partial charge in [0.25, 0.3) is 0 Å². The zero-order chi connectivity index (χ0) is 15.2. The number of carbonyl (C=O) groups is 1. The molecule has 0 bridgehead atoms. The second kappa shape index (κ2) is 7.55. The summed E-state index contributed by atoms with van der Waals surface area (Å²) < 4.78 is 0. The highest BCUT2D eigenvalue weighted by Crippen LogP contribution is 2.25. The third kappa shape index (κ3) is 5.12. The summed E-state index contributed by atoms with van der Waals surface area (Å²) in [6, 6.07) is 12.1. The Bertz CT molecular complexity index is 629. The van der Waals surface area contributed by atoms with Gasteiger partial charge in [0.15, 0.2) is 0 Å². The van der Waals surface area contributed by atoms with E-state index < -0.39 is 0 Å². The molecule has 0 atom stereocenters. The first kappa shape index (κ1) is 16.0. The molecule has 6 heteroatoms. The maximum Gasteiger partial charge on any atom is 0.226 e. The van der Waals surface area contributed by atoms with Gasteiger partial charge in [0, 0.05) is 28.7 Å². The highest BCUT2D eigenvalue weighted by Gasteiger charge is 2.04. The van der Waals surface area contributed by atoms with Crippen molar-refractivity contribution in [1.29, 1.82) is 0 Å². The van der Waals surface area contributed by atoms with E-state index in [1.807, 2.05) is 0 Å². The van der Waals surface area contributed by atoms with Gasteiger partial charge in [-0.1, -0.05) is 34.8 Å². The van der Waals surface area contributed by atoms with E-state index in [4.69, 9.17) is 34.8 Å². The predicted octanol–water partition coefficient (Wildman–Crippen LogP) is 5.09. The lowest BCUT2D eigenvalue weighted by Crippen LogP contribution is -2.16. The van der Waals surface area contributed by atoms with E-state index in [1.165, 1.54) is 0 Å². The molecular weight excluding hydrogens is 331 g/mol. The number of hydrogen-bond donors (Lipinski definition) is 2. The first-order chi connectivity index (χ1) is 10.0. The molecule has 21 heavy (non-hydrogen) atoms. The van der Waals surface area contributed by atoms with Gasteiger partial charge in [0.05, 0.1) is 10.7 Å². The van der Waals surface area contributed by atoms with Crippen molar-refractivity contribution in [2.75, 3.05) is 17.2 Å². The number of nitrogens with one attached hydrogen (secondary N) is 2. The molecule has 0 aromatic heterocycles. The number of benzene rings is 2. The summed E-state index contributed by atoms with van der Waals surface area (Å²) in [6.07, 6.45) is 0.311. The molecule has 110 valence electrons. The van der Waals surface area contributed by atoms with E-state index in [9.17, 15) is 4.79 Å². The first-order valence-corrected chi connectivity index (χ1v) is 7.42. The third-order valence-electron chi connectivity index (χ3n) is 2.72. The van der Waals surface area contributed by atoms with E-state index in [0.29, 0.717) is 39.4 Å². The summed E-state index contributed by atoms with van der Waals surface area (Å²) in [4.78, 5) is 11.8. The molecular formula is C15H13Cl3N2O. The zero-order valence-electron chi connectivity index (χ0n) is 11.0. The van der Waals surface area contributed by atoms with Gasteiger partial charge < -0.3 is 10.6 Å². The molecule has 3 nitrogen and oxygen atoms in total. The van der Waals surface area contributed by atoms with E-state index in [2.05, 4.69) is 10.6 Å². The molecule has 2 aromatic carbocycles. The molecule has 0 aliphatic carbocycles. The van der Waals surface area contributed by atoms with E-state index >= 15 is 0 Å². The number of hydrogen-bond acceptors (Lipinski definition) is 2. The molecule has 0 aliphatic rings. The minimum atomic E-state index is -0.0945. The molecule has 0 saturated heterocycles. The number of halogens is 3. The smallest absolute Gasteiger partial charge is 0.226 e. The van der Waals surface area contributed by atoms with Crippen molar-refractivity contribution in [3.05, 3.63) is 57.5 Å². The number of rotatable bonds is 5. The lowest BCUT2D eigenvalue weighted by atomic mass is 10.3. The van der Waals surface area contributed by atoms with Crippen LogP contribution in [0.2, 0.25) is 15.1 Å². The van der Waals surface area contributed by atoms with Crippen molar-refractivity contribution in [1.82, 2.24) is 0 Å². The Kier molecular flexibility index (Phi) is 5.74. The van der Waals surface area contributed by atoms with E-state index in [-0.39, 0.29) is 5.91 Å². The normalized spacial score (nSPS) is 10.2. The summed E-state index contributed by atoms with van der Waals surface area (Å²) in [5, 5.41) is 7.65. The minimum Gasteiger partial charge on any atom is -0.383 e. The molecule has 0 radical (unpaired) electrons. The Hall–Kier alpha value is -1.42. The van der Waals surface area contributed by atoms with Gasteiger partial charge >= 0.3 is 0 Å². The summed E-state index contributed by atoms with van der Waals surface area (Å²) in [5.74, 6) is -0.0945. The van der Waals surface area contributed by atoms with Gasteiger partial charge in [-0.05, 0) is 42.5 Å². The van der Waals surface area contributed by atoms with Crippen LogP contribution in [-0.4, -0.2) is 12.5 Å². The minimum absolute atomic E-state index is 0.0945. The fraction of sp³-hybridized carbons (Fsp3) is 0.133. The molecule has 1 amide bonds. The van der Waals surface area contributed by atoms with Gasteiger partial charge in [-0.3, -0.25) is 4.79 Å². The quantitative estimate of drug-likeness (QED) is 0.794. The first-order valence-electron chi connectivity index (χ1n) is 6.29. The van der Waals surface area contributed by atoms with Crippen molar-refractivity contribution in [2.45, 2.75) is 6.42 Å². The maximum absolute atomic E-state index is 11.8. The zero-order valence-corrected chi connectivity index (χ0v) is 13.3. The average molecular weight is 344 g/mol. The van der Waals surface area contributed by atoms with Crippen molar-refractivity contribution < 1.29 is 4.79 Å². The molecule has 0 unspecified atom stereocenters. The predicted molar refractivity (Wildman–Crippen MR) is 89.7 cm³/mol. The highest BCUT2D eigenvalue weighted by molar-refractivity contribution is 6.35. The Morgan fingerprint density at radius 2 is 1.62 bits per heavy atom.